The fourth-order valence-corrected chi connectivity index (χ4v) is 2.85. The van der Waals surface area contributed by atoms with Crippen LogP contribution in [0.2, 0.25) is 0 Å². The Labute approximate surface area is 129 Å². The minimum absolute atomic E-state index is 0.00501. The molecule has 0 aliphatic heterocycles. The normalized spacial score (nSPS) is 11.1. The maximum atomic E-state index is 12.1. The van der Waals surface area contributed by atoms with Crippen molar-refractivity contribution < 1.29 is 9.72 Å². The van der Waals surface area contributed by atoms with Crippen LogP contribution < -0.4 is 0 Å². The molecule has 0 saturated carbocycles. The third-order valence-corrected chi connectivity index (χ3v) is 4.06. The van der Waals surface area contributed by atoms with Crippen LogP contribution in [0.15, 0.2) is 54.6 Å². The van der Waals surface area contributed by atoms with Crippen molar-refractivity contribution in [1.29, 1.82) is 0 Å². The van der Waals surface area contributed by atoms with Crippen molar-refractivity contribution in [3.63, 3.8) is 0 Å². The highest BCUT2D eigenvalue weighted by atomic mass is 32.1. The van der Waals surface area contributed by atoms with Crippen molar-refractivity contribution in [2.24, 2.45) is 0 Å². The van der Waals surface area contributed by atoms with E-state index in [1.165, 1.54) is 29.5 Å². The van der Waals surface area contributed by atoms with Crippen LogP contribution in [0.25, 0.3) is 16.3 Å². The van der Waals surface area contributed by atoms with Gasteiger partial charge in [-0.3, -0.25) is 14.9 Å². The second-order valence-corrected chi connectivity index (χ2v) is 5.57. The molecular formula is C16H10N2O3S. The van der Waals surface area contributed by atoms with E-state index in [-0.39, 0.29) is 11.5 Å². The number of carbonyl (C=O) groups excluding carboxylic acids is 1. The van der Waals surface area contributed by atoms with Gasteiger partial charge in [0.05, 0.1) is 15.1 Å². The van der Waals surface area contributed by atoms with Crippen LogP contribution in [0.5, 0.6) is 0 Å². The molecule has 22 heavy (non-hydrogen) atoms. The van der Waals surface area contributed by atoms with Gasteiger partial charge in [-0.15, -0.1) is 11.3 Å². The maximum absolute atomic E-state index is 12.1. The number of ketones is 1. The largest absolute Gasteiger partial charge is 0.287 e. The topological polar surface area (TPSA) is 73.1 Å². The standard InChI is InChI=1S/C16H10N2O3S/c19-14(16-17-13-6-1-2-7-15(13)22-16)9-8-11-4-3-5-12(10-11)18(20)21/h1-10H/b9-8+. The van der Waals surface area contributed by atoms with Crippen molar-refractivity contribution in [3.05, 3.63) is 75.3 Å². The van der Waals surface area contributed by atoms with Crippen molar-refractivity contribution in [2.45, 2.75) is 0 Å². The number of benzene rings is 2. The van der Waals surface area contributed by atoms with E-state index in [1.807, 2.05) is 24.3 Å². The average Bonchev–Trinajstić information content (AvgIpc) is 2.97. The molecule has 0 spiro atoms. The number of nitro groups is 1. The number of para-hydroxylation sites is 1. The zero-order chi connectivity index (χ0) is 15.5. The summed E-state index contributed by atoms with van der Waals surface area (Å²) < 4.78 is 0.953. The van der Waals surface area contributed by atoms with Crippen LogP contribution in [0.1, 0.15) is 15.4 Å². The van der Waals surface area contributed by atoms with E-state index in [2.05, 4.69) is 4.98 Å². The number of hydrogen-bond donors (Lipinski definition) is 0. The maximum Gasteiger partial charge on any atom is 0.270 e. The lowest BCUT2D eigenvalue weighted by molar-refractivity contribution is -0.384. The Morgan fingerprint density at radius 1 is 1.18 bits per heavy atom. The molecule has 0 unspecified atom stereocenters. The van der Waals surface area contributed by atoms with Gasteiger partial charge in [-0.25, -0.2) is 4.98 Å². The molecule has 0 aliphatic carbocycles. The molecular weight excluding hydrogens is 300 g/mol. The van der Waals surface area contributed by atoms with E-state index >= 15 is 0 Å². The Morgan fingerprint density at radius 2 is 2.00 bits per heavy atom. The van der Waals surface area contributed by atoms with Crippen molar-refractivity contribution in [3.8, 4) is 0 Å². The Bertz CT molecular complexity index is 866. The molecule has 0 saturated heterocycles. The van der Waals surface area contributed by atoms with E-state index in [9.17, 15) is 14.9 Å². The summed E-state index contributed by atoms with van der Waals surface area (Å²) >= 11 is 1.33. The molecule has 1 aromatic heterocycles. The zero-order valence-corrected chi connectivity index (χ0v) is 12.1. The number of rotatable bonds is 4. The van der Waals surface area contributed by atoms with Crippen LogP contribution in [0.3, 0.4) is 0 Å². The second-order valence-electron chi connectivity index (χ2n) is 4.54. The third kappa shape index (κ3) is 2.91. The molecule has 2 aromatic carbocycles. The number of fused-ring (bicyclic) bond motifs is 1. The molecule has 0 radical (unpaired) electrons. The van der Waals surface area contributed by atoms with Crippen LogP contribution >= 0.6 is 11.3 Å². The van der Waals surface area contributed by atoms with Gasteiger partial charge >= 0.3 is 0 Å². The van der Waals surface area contributed by atoms with Gasteiger partial charge in [-0.1, -0.05) is 30.3 Å². The number of hydrogen-bond acceptors (Lipinski definition) is 5. The quantitative estimate of drug-likeness (QED) is 0.315. The lowest BCUT2D eigenvalue weighted by Gasteiger charge is -1.93. The SMILES string of the molecule is O=C(/C=C/c1cccc([N+](=O)[O-])c1)c1nc2ccccc2s1. The molecule has 0 fully saturated rings. The first kappa shape index (κ1) is 14.1. The summed E-state index contributed by atoms with van der Waals surface area (Å²) in [6, 6.07) is 13.6. The smallest absolute Gasteiger partial charge is 0.270 e. The van der Waals surface area contributed by atoms with Crippen LogP contribution in [-0.2, 0) is 0 Å². The molecule has 0 aliphatic rings. The summed E-state index contributed by atoms with van der Waals surface area (Å²) in [5.41, 5.74) is 1.39. The van der Waals surface area contributed by atoms with Crippen molar-refractivity contribution in [1.82, 2.24) is 4.98 Å². The predicted molar refractivity (Wildman–Crippen MR) is 86.1 cm³/mol. The Kier molecular flexibility index (Phi) is 3.76. The molecule has 0 amide bonds. The van der Waals surface area contributed by atoms with Gasteiger partial charge in [0.1, 0.15) is 0 Å². The fraction of sp³-hybridized carbons (Fsp3) is 0. The molecule has 1 heterocycles. The van der Waals surface area contributed by atoms with Gasteiger partial charge in [0.2, 0.25) is 5.78 Å². The second kappa shape index (κ2) is 5.87. The van der Waals surface area contributed by atoms with Crippen LogP contribution in [0.4, 0.5) is 5.69 Å². The molecule has 108 valence electrons. The minimum atomic E-state index is -0.466. The van der Waals surface area contributed by atoms with E-state index in [0.717, 1.165) is 10.2 Å². The third-order valence-electron chi connectivity index (χ3n) is 3.01. The average molecular weight is 310 g/mol. The number of carbonyl (C=O) groups is 1. The van der Waals surface area contributed by atoms with Gasteiger partial charge in [-0.2, -0.15) is 0 Å². The van der Waals surface area contributed by atoms with E-state index in [1.54, 1.807) is 18.2 Å². The summed E-state index contributed by atoms with van der Waals surface area (Å²) in [7, 11) is 0. The highest BCUT2D eigenvalue weighted by molar-refractivity contribution is 7.20. The lowest BCUT2D eigenvalue weighted by atomic mass is 10.2. The first-order chi connectivity index (χ1) is 10.6. The fourth-order valence-electron chi connectivity index (χ4n) is 1.96. The van der Waals surface area contributed by atoms with Crippen LogP contribution in [0, 0.1) is 10.1 Å². The number of allylic oxidation sites excluding steroid dienone is 1. The van der Waals surface area contributed by atoms with Gasteiger partial charge in [-0.05, 0) is 23.8 Å². The van der Waals surface area contributed by atoms with E-state index in [0.29, 0.717) is 10.6 Å². The first-order valence-corrected chi connectivity index (χ1v) is 7.27. The summed E-state index contributed by atoms with van der Waals surface area (Å²) in [5, 5.41) is 11.1. The summed E-state index contributed by atoms with van der Waals surface area (Å²) in [6.07, 6.45) is 2.94. The molecule has 0 atom stereocenters. The highest BCUT2D eigenvalue weighted by Gasteiger charge is 2.09. The Balaban J connectivity index is 1.84. The Morgan fingerprint density at radius 3 is 2.77 bits per heavy atom. The van der Waals surface area contributed by atoms with Gasteiger partial charge in [0.15, 0.2) is 5.01 Å². The number of nitrogens with zero attached hydrogens (tertiary/aromatic N) is 2. The Hall–Kier alpha value is -2.86. The molecule has 3 aromatic rings. The summed E-state index contributed by atoms with van der Waals surface area (Å²) in [4.78, 5) is 26.7. The highest BCUT2D eigenvalue weighted by Crippen LogP contribution is 2.22. The molecule has 3 rings (SSSR count). The van der Waals surface area contributed by atoms with Gasteiger partial charge in [0.25, 0.3) is 5.69 Å². The molecule has 6 heteroatoms. The van der Waals surface area contributed by atoms with Gasteiger partial charge in [0, 0.05) is 12.1 Å². The van der Waals surface area contributed by atoms with Gasteiger partial charge < -0.3 is 0 Å². The van der Waals surface area contributed by atoms with Crippen molar-refractivity contribution in [2.75, 3.05) is 0 Å². The molecule has 0 bridgehead atoms. The first-order valence-electron chi connectivity index (χ1n) is 6.46. The summed E-state index contributed by atoms with van der Waals surface area (Å²) in [6.45, 7) is 0. The monoisotopic (exact) mass is 310 g/mol. The van der Waals surface area contributed by atoms with Crippen LogP contribution in [-0.4, -0.2) is 15.7 Å². The van der Waals surface area contributed by atoms with E-state index < -0.39 is 4.92 Å². The number of non-ortho nitro benzene ring substituents is 1. The lowest BCUT2D eigenvalue weighted by Crippen LogP contribution is -1.92. The number of nitro benzene ring substituents is 1. The van der Waals surface area contributed by atoms with E-state index in [4.69, 9.17) is 0 Å². The van der Waals surface area contributed by atoms with Crippen molar-refractivity contribution >= 4 is 39.1 Å². The number of aromatic nitrogens is 1. The zero-order valence-electron chi connectivity index (χ0n) is 11.3. The molecule has 5 nitrogen and oxygen atoms in total. The minimum Gasteiger partial charge on any atom is -0.287 e. The predicted octanol–water partition coefficient (Wildman–Crippen LogP) is 4.10. The molecule has 0 N–H and O–H groups in total. The number of thiazole rings is 1. The summed E-state index contributed by atoms with van der Waals surface area (Å²) in [5.74, 6) is -0.215.